The molecule has 0 bridgehead atoms. The summed E-state index contributed by atoms with van der Waals surface area (Å²) in [6.07, 6.45) is 0.650. The van der Waals surface area contributed by atoms with Gasteiger partial charge in [-0.3, -0.25) is 9.69 Å². The van der Waals surface area contributed by atoms with E-state index in [-0.39, 0.29) is 17.8 Å². The van der Waals surface area contributed by atoms with E-state index in [9.17, 15) is 9.59 Å². The number of Topliss-reactive ketones (excluding diaryl/α,β-unsaturated/α-hetero) is 1. The van der Waals surface area contributed by atoms with Crippen LogP contribution in [0.3, 0.4) is 0 Å². The van der Waals surface area contributed by atoms with Gasteiger partial charge in [0.1, 0.15) is 5.78 Å². The smallest absolute Gasteiger partial charge is 0.414 e. The lowest BCUT2D eigenvalue weighted by Crippen LogP contribution is -2.30. The van der Waals surface area contributed by atoms with Crippen molar-refractivity contribution in [3.05, 3.63) is 27.7 Å². The fourth-order valence-electron chi connectivity index (χ4n) is 2.99. The summed E-state index contributed by atoms with van der Waals surface area (Å²) in [5.41, 5.74) is 3.07. The molecule has 2 aliphatic rings. The number of benzene rings is 1. The van der Waals surface area contributed by atoms with E-state index in [2.05, 4.69) is 15.9 Å². The van der Waals surface area contributed by atoms with Gasteiger partial charge >= 0.3 is 6.09 Å². The van der Waals surface area contributed by atoms with Crippen LogP contribution in [-0.2, 0) is 16.0 Å². The van der Waals surface area contributed by atoms with Gasteiger partial charge in [0.2, 0.25) is 0 Å². The number of hydrogen-bond donors (Lipinski definition) is 0. The van der Waals surface area contributed by atoms with E-state index in [0.717, 1.165) is 21.3 Å². The number of rotatable bonds is 1. The second-order valence-electron chi connectivity index (χ2n) is 4.88. The number of ketones is 1. The van der Waals surface area contributed by atoms with Crippen molar-refractivity contribution in [2.75, 3.05) is 18.1 Å². The molecule has 1 aromatic rings. The molecule has 1 amide bonds. The Morgan fingerprint density at radius 3 is 3.05 bits per heavy atom. The van der Waals surface area contributed by atoms with Gasteiger partial charge < -0.3 is 4.74 Å². The number of anilines is 1. The Balaban J connectivity index is 2.06. The first-order chi connectivity index (χ1) is 9.11. The number of hydrogen-bond acceptors (Lipinski definition) is 3. The van der Waals surface area contributed by atoms with Crippen LogP contribution in [0.15, 0.2) is 16.6 Å². The summed E-state index contributed by atoms with van der Waals surface area (Å²) in [5, 5.41) is 0. The third-order valence-corrected chi connectivity index (χ3v) is 4.46. The lowest BCUT2D eigenvalue weighted by atomic mass is 9.83. The van der Waals surface area contributed by atoms with Gasteiger partial charge in [-0.15, -0.1) is 0 Å². The van der Waals surface area contributed by atoms with Crippen molar-refractivity contribution in [3.63, 3.8) is 0 Å². The third-order valence-electron chi connectivity index (χ3n) is 3.72. The summed E-state index contributed by atoms with van der Waals surface area (Å²) in [6.45, 7) is 2.70. The number of nitrogens with zero attached hydrogens (tertiary/aromatic N) is 1. The van der Waals surface area contributed by atoms with E-state index < -0.39 is 0 Å². The summed E-state index contributed by atoms with van der Waals surface area (Å²) < 4.78 is 6.04. The summed E-state index contributed by atoms with van der Waals surface area (Å²) in [7, 11) is 0. The molecule has 1 aliphatic heterocycles. The van der Waals surface area contributed by atoms with Crippen molar-refractivity contribution < 1.29 is 14.3 Å². The summed E-state index contributed by atoms with van der Waals surface area (Å²) >= 11 is 3.50. The topological polar surface area (TPSA) is 46.6 Å². The maximum absolute atomic E-state index is 12.0. The van der Waals surface area contributed by atoms with Crippen LogP contribution in [0.1, 0.15) is 30.4 Å². The molecule has 1 atom stereocenters. The van der Waals surface area contributed by atoms with E-state index in [0.29, 0.717) is 26.0 Å². The Hall–Kier alpha value is -1.36. The first-order valence-electron chi connectivity index (χ1n) is 6.39. The molecule has 0 N–H and O–H groups in total. The zero-order valence-electron chi connectivity index (χ0n) is 10.6. The van der Waals surface area contributed by atoms with Crippen LogP contribution in [0.4, 0.5) is 10.5 Å². The second kappa shape index (κ2) is 4.63. The molecule has 0 fully saturated rings. The van der Waals surface area contributed by atoms with Gasteiger partial charge in [0.05, 0.1) is 12.3 Å². The Morgan fingerprint density at radius 2 is 2.32 bits per heavy atom. The van der Waals surface area contributed by atoms with Gasteiger partial charge in [0, 0.05) is 29.8 Å². The van der Waals surface area contributed by atoms with Gasteiger partial charge in [-0.2, -0.15) is 0 Å². The van der Waals surface area contributed by atoms with Crippen molar-refractivity contribution in [1.82, 2.24) is 0 Å². The van der Waals surface area contributed by atoms with Crippen LogP contribution in [0.2, 0.25) is 0 Å². The molecule has 100 valence electrons. The summed E-state index contributed by atoms with van der Waals surface area (Å²) in [4.78, 5) is 25.4. The highest BCUT2D eigenvalue weighted by Crippen LogP contribution is 2.46. The number of carbonyl (C=O) groups is 2. The van der Waals surface area contributed by atoms with E-state index >= 15 is 0 Å². The van der Waals surface area contributed by atoms with Gasteiger partial charge in [0.15, 0.2) is 0 Å². The average Bonchev–Trinajstić information content (AvgIpc) is 2.73. The molecule has 1 aromatic carbocycles. The zero-order chi connectivity index (χ0) is 13.6. The molecule has 19 heavy (non-hydrogen) atoms. The second-order valence-corrected chi connectivity index (χ2v) is 5.74. The highest BCUT2D eigenvalue weighted by atomic mass is 79.9. The molecule has 0 saturated heterocycles. The van der Waals surface area contributed by atoms with E-state index in [4.69, 9.17) is 4.74 Å². The minimum absolute atomic E-state index is 0.119. The highest BCUT2D eigenvalue weighted by Gasteiger charge is 2.39. The van der Waals surface area contributed by atoms with Crippen LogP contribution in [0.5, 0.6) is 0 Å². The van der Waals surface area contributed by atoms with Crippen LogP contribution >= 0.6 is 15.9 Å². The first-order valence-corrected chi connectivity index (χ1v) is 7.18. The van der Waals surface area contributed by atoms with E-state index in [1.54, 1.807) is 11.8 Å². The number of amides is 1. The molecule has 1 unspecified atom stereocenters. The normalized spacial score (nSPS) is 20.4. The van der Waals surface area contributed by atoms with Crippen molar-refractivity contribution in [3.8, 4) is 0 Å². The predicted molar refractivity (Wildman–Crippen MR) is 74.6 cm³/mol. The van der Waals surface area contributed by atoms with Crippen molar-refractivity contribution in [2.45, 2.75) is 25.7 Å². The first kappa shape index (κ1) is 12.7. The van der Waals surface area contributed by atoms with Crippen LogP contribution in [0.25, 0.3) is 0 Å². The summed E-state index contributed by atoms with van der Waals surface area (Å²) in [6, 6.07) is 3.83. The molecule has 1 aliphatic carbocycles. The molecular formula is C14H14BrNO3. The molecule has 0 saturated carbocycles. The lowest BCUT2D eigenvalue weighted by Gasteiger charge is -2.20. The van der Waals surface area contributed by atoms with Gasteiger partial charge in [0.25, 0.3) is 0 Å². The number of halogens is 1. The predicted octanol–water partition coefficient (Wildman–Crippen LogP) is 3.02. The Labute approximate surface area is 119 Å². The Morgan fingerprint density at radius 1 is 1.53 bits per heavy atom. The molecule has 3 rings (SSSR count). The average molecular weight is 324 g/mol. The fourth-order valence-corrected chi connectivity index (χ4v) is 3.48. The third kappa shape index (κ3) is 1.96. The quantitative estimate of drug-likeness (QED) is 0.798. The lowest BCUT2D eigenvalue weighted by molar-refractivity contribution is -0.119. The fraction of sp³-hybridized carbons (Fsp3) is 0.429. The van der Waals surface area contributed by atoms with Gasteiger partial charge in [-0.1, -0.05) is 15.9 Å². The molecule has 0 spiro atoms. The van der Waals surface area contributed by atoms with E-state index in [1.165, 1.54) is 0 Å². The maximum Gasteiger partial charge on any atom is 0.414 e. The minimum atomic E-state index is -0.325. The van der Waals surface area contributed by atoms with Gasteiger partial charge in [-0.05, 0) is 30.2 Å². The largest absolute Gasteiger partial charge is 0.449 e. The molecule has 0 radical (unpaired) electrons. The highest BCUT2D eigenvalue weighted by molar-refractivity contribution is 9.10. The zero-order valence-corrected chi connectivity index (χ0v) is 12.2. The monoisotopic (exact) mass is 323 g/mol. The SMILES string of the molecule is CCOC(=O)N1CC2CC(=O)Cc3c(Br)ccc1c32. The molecule has 0 aromatic heterocycles. The van der Waals surface area contributed by atoms with E-state index in [1.807, 2.05) is 12.1 Å². The summed E-state index contributed by atoms with van der Waals surface area (Å²) in [5.74, 6) is 0.356. The number of ether oxygens (including phenoxy) is 1. The van der Waals surface area contributed by atoms with Crippen LogP contribution < -0.4 is 4.90 Å². The molecular weight excluding hydrogens is 310 g/mol. The van der Waals surface area contributed by atoms with Crippen molar-refractivity contribution >= 4 is 33.5 Å². The standard InChI is InChI=1S/C14H14BrNO3/c1-2-19-14(18)16-7-8-5-9(17)6-10-11(15)3-4-12(16)13(8)10/h3-4,8H,2,5-7H2,1H3. The van der Waals surface area contributed by atoms with Crippen molar-refractivity contribution in [2.24, 2.45) is 0 Å². The molecule has 1 heterocycles. The number of carbonyl (C=O) groups excluding carboxylic acids is 2. The van der Waals surface area contributed by atoms with Crippen LogP contribution in [-0.4, -0.2) is 25.0 Å². The molecule has 4 nitrogen and oxygen atoms in total. The molecule has 5 heteroatoms. The Kier molecular flexibility index (Phi) is 3.09. The minimum Gasteiger partial charge on any atom is -0.449 e. The van der Waals surface area contributed by atoms with Gasteiger partial charge in [-0.25, -0.2) is 4.79 Å². The van der Waals surface area contributed by atoms with Crippen LogP contribution in [0, 0.1) is 0 Å². The maximum atomic E-state index is 12.0. The Bertz CT molecular complexity index is 570. The van der Waals surface area contributed by atoms with Crippen molar-refractivity contribution in [1.29, 1.82) is 0 Å².